The van der Waals surface area contributed by atoms with Gasteiger partial charge in [-0.15, -0.1) is 0 Å². The van der Waals surface area contributed by atoms with Crippen molar-refractivity contribution < 1.29 is 17.9 Å². The largest absolute Gasteiger partial charge is 0.426 e. The molecule has 7 heteroatoms. The highest BCUT2D eigenvalue weighted by Gasteiger charge is 2.20. The molecule has 0 saturated heterocycles. The molecule has 0 radical (unpaired) electrons. The smallest absolute Gasteiger partial charge is 0.410 e. The van der Waals surface area contributed by atoms with Gasteiger partial charge in [0.25, 0.3) is 10.0 Å². The summed E-state index contributed by atoms with van der Waals surface area (Å²) in [6.07, 6.45) is 1.13. The molecule has 1 N–H and O–H groups in total. The second kappa shape index (κ2) is 9.68. The average Bonchev–Trinajstić information content (AvgIpc) is 2.79. The van der Waals surface area contributed by atoms with Gasteiger partial charge in [0.05, 0.1) is 4.90 Å². The molecule has 0 aliphatic heterocycles. The first-order valence-corrected chi connectivity index (χ1v) is 13.6. The minimum Gasteiger partial charge on any atom is -0.410 e. The van der Waals surface area contributed by atoms with Crippen LogP contribution in [0, 0.1) is 6.92 Å². The molecule has 5 nitrogen and oxygen atoms in total. The van der Waals surface area contributed by atoms with Crippen molar-refractivity contribution in [1.29, 1.82) is 0 Å². The van der Waals surface area contributed by atoms with Crippen LogP contribution in [0.4, 0.5) is 4.79 Å². The molecule has 1 amide bonds. The van der Waals surface area contributed by atoms with E-state index in [2.05, 4.69) is 42.7 Å². The van der Waals surface area contributed by atoms with Gasteiger partial charge in [0.1, 0.15) is 17.8 Å². The summed E-state index contributed by atoms with van der Waals surface area (Å²) >= 11 is 0. The number of benzene rings is 4. The van der Waals surface area contributed by atoms with E-state index >= 15 is 0 Å². The molecule has 168 valence electrons. The predicted octanol–water partition coefficient (Wildman–Crippen LogP) is 5.43. The summed E-state index contributed by atoms with van der Waals surface area (Å²) in [5, 5.41) is 2.48. The molecule has 1 unspecified atom stereocenters. The lowest BCUT2D eigenvalue weighted by Crippen LogP contribution is -2.33. The molecule has 0 heterocycles. The van der Waals surface area contributed by atoms with Crippen LogP contribution in [-0.4, -0.2) is 20.8 Å². The van der Waals surface area contributed by atoms with Crippen LogP contribution in [0.1, 0.15) is 11.1 Å². The van der Waals surface area contributed by atoms with Gasteiger partial charge >= 0.3 is 6.09 Å². The topological polar surface area (TPSA) is 72.5 Å². The van der Waals surface area contributed by atoms with Gasteiger partial charge in [0, 0.05) is 16.5 Å². The third kappa shape index (κ3) is 5.56. The van der Waals surface area contributed by atoms with Gasteiger partial charge < -0.3 is 4.74 Å². The fourth-order valence-electron chi connectivity index (χ4n) is 3.49. The number of hydrogen-bond acceptors (Lipinski definition) is 4. The van der Waals surface area contributed by atoms with Crippen molar-refractivity contribution >= 4 is 37.8 Å². The molecule has 4 rings (SSSR count). The maximum atomic E-state index is 12.3. The monoisotopic (exact) mass is 478 g/mol. The van der Waals surface area contributed by atoms with Crippen molar-refractivity contribution in [2.24, 2.45) is 0 Å². The third-order valence-corrected chi connectivity index (χ3v) is 8.39. The van der Waals surface area contributed by atoms with Crippen LogP contribution >= 0.6 is 0 Å². The number of ether oxygens (including phenoxy) is 1. The second-order valence-corrected chi connectivity index (χ2v) is 11.4. The number of sulfonamides is 1. The fraction of sp³-hybridized carbons (Fsp3) is 0.115. The van der Waals surface area contributed by atoms with Crippen LogP contribution in [-0.2, 0) is 26.7 Å². The minimum atomic E-state index is -3.99. The maximum absolute atomic E-state index is 12.3. The van der Waals surface area contributed by atoms with Gasteiger partial charge in [-0.3, -0.25) is 0 Å². The van der Waals surface area contributed by atoms with Crippen molar-refractivity contribution in [2.75, 3.05) is 6.26 Å². The molecule has 4 aromatic carbocycles. The maximum Gasteiger partial charge on any atom is 0.426 e. The van der Waals surface area contributed by atoms with E-state index in [9.17, 15) is 13.2 Å². The van der Waals surface area contributed by atoms with Gasteiger partial charge in [0.15, 0.2) is 4.90 Å². The first kappa shape index (κ1) is 22.9. The molecule has 0 saturated carbocycles. The summed E-state index contributed by atoms with van der Waals surface area (Å²) in [5.41, 5.74) is 2.21. The Labute approximate surface area is 196 Å². The second-order valence-electron chi connectivity index (χ2n) is 7.70. The quantitative estimate of drug-likeness (QED) is 0.375. The average molecular weight is 479 g/mol. The molecular weight excluding hydrogens is 454 g/mol. The summed E-state index contributed by atoms with van der Waals surface area (Å²) in [6, 6.07) is 28.1. The number of carbonyl (C=O) groups excluding carboxylic acids is 1. The highest BCUT2D eigenvalue weighted by atomic mass is 32.2. The molecule has 0 spiro atoms. The number of nitrogens with one attached hydrogen (secondary N) is 1. The first-order chi connectivity index (χ1) is 15.8. The van der Waals surface area contributed by atoms with Gasteiger partial charge in [-0.25, -0.2) is 17.9 Å². The van der Waals surface area contributed by atoms with Gasteiger partial charge in [-0.2, -0.15) is 0 Å². The van der Waals surface area contributed by atoms with Gasteiger partial charge in [0.2, 0.25) is 0 Å². The van der Waals surface area contributed by atoms with Crippen LogP contribution in [0.25, 0.3) is 10.8 Å². The Kier molecular flexibility index (Phi) is 6.72. The molecule has 0 aliphatic rings. The number of hydrogen-bond donors (Lipinski definition) is 1. The zero-order valence-corrected chi connectivity index (χ0v) is 19.9. The molecular formula is C26H24NO4S2+. The van der Waals surface area contributed by atoms with E-state index in [1.54, 1.807) is 24.3 Å². The number of rotatable bonds is 6. The van der Waals surface area contributed by atoms with Crippen LogP contribution in [0.2, 0.25) is 0 Å². The van der Waals surface area contributed by atoms with Crippen LogP contribution in [0.3, 0.4) is 0 Å². The molecule has 1 atom stereocenters. The van der Waals surface area contributed by atoms with E-state index in [4.69, 9.17) is 4.74 Å². The highest BCUT2D eigenvalue weighted by Crippen LogP contribution is 2.25. The SMILES string of the molecule is Cc1ccc(S(=O)(=O)NC(=O)Oc2ccc([S+](C)Cc3cccc4ccccc34)cc2)cc1. The Bertz CT molecular complexity index is 1380. The normalized spacial score (nSPS) is 12.3. The highest BCUT2D eigenvalue weighted by molar-refractivity contribution is 7.95. The standard InChI is InChI=1S/C26H23NO4S2/c1-19-10-16-24(17-11-19)33(29,30)27-26(28)31-22-12-14-23(15-13-22)32(2)18-21-8-5-7-20-6-3-4-9-25(20)21/h3-17H,18H2,1-2H3/p+1. The van der Waals surface area contributed by atoms with Crippen molar-refractivity contribution in [3.8, 4) is 5.75 Å². The van der Waals surface area contributed by atoms with Crippen molar-refractivity contribution in [3.63, 3.8) is 0 Å². The summed E-state index contributed by atoms with van der Waals surface area (Å²) in [5.74, 6) is 1.18. The van der Waals surface area contributed by atoms with E-state index in [-0.39, 0.29) is 21.5 Å². The van der Waals surface area contributed by atoms with Gasteiger partial charge in [-0.05, 0) is 54.1 Å². The van der Waals surface area contributed by atoms with Crippen LogP contribution in [0.15, 0.2) is 101 Å². The summed E-state index contributed by atoms with van der Waals surface area (Å²) < 4.78 is 31.8. The Morgan fingerprint density at radius 1 is 0.879 bits per heavy atom. The van der Waals surface area contributed by atoms with Crippen molar-refractivity contribution in [2.45, 2.75) is 22.5 Å². The third-order valence-electron chi connectivity index (χ3n) is 5.24. The van der Waals surface area contributed by atoms with E-state index in [1.165, 1.54) is 28.5 Å². The fourth-order valence-corrected chi connectivity index (χ4v) is 5.85. The predicted molar refractivity (Wildman–Crippen MR) is 133 cm³/mol. The van der Waals surface area contributed by atoms with E-state index in [1.807, 2.05) is 29.8 Å². The van der Waals surface area contributed by atoms with Crippen molar-refractivity contribution in [3.05, 3.63) is 102 Å². The lowest BCUT2D eigenvalue weighted by atomic mass is 10.1. The van der Waals surface area contributed by atoms with Crippen LogP contribution in [0.5, 0.6) is 5.75 Å². The van der Waals surface area contributed by atoms with E-state index in [0.717, 1.165) is 16.2 Å². The Morgan fingerprint density at radius 2 is 1.55 bits per heavy atom. The van der Waals surface area contributed by atoms with Crippen LogP contribution < -0.4 is 9.46 Å². The van der Waals surface area contributed by atoms with E-state index < -0.39 is 16.1 Å². The summed E-state index contributed by atoms with van der Waals surface area (Å²) in [6.45, 7) is 1.85. The van der Waals surface area contributed by atoms with E-state index in [0.29, 0.717) is 0 Å². The number of fused-ring (bicyclic) bond motifs is 1. The minimum absolute atomic E-state index is 0.00357. The lowest BCUT2D eigenvalue weighted by Gasteiger charge is -2.09. The van der Waals surface area contributed by atoms with Crippen molar-refractivity contribution in [1.82, 2.24) is 4.72 Å². The Morgan fingerprint density at radius 3 is 2.27 bits per heavy atom. The van der Waals surface area contributed by atoms with Gasteiger partial charge in [-0.1, -0.05) is 60.2 Å². The molecule has 33 heavy (non-hydrogen) atoms. The Balaban J connectivity index is 1.40. The molecule has 4 aromatic rings. The number of aryl methyl sites for hydroxylation is 1. The number of carbonyl (C=O) groups is 1. The molecule has 0 aromatic heterocycles. The Hall–Kier alpha value is -3.29. The zero-order valence-electron chi connectivity index (χ0n) is 18.3. The molecule has 0 bridgehead atoms. The molecule has 0 fully saturated rings. The zero-order chi connectivity index (χ0) is 23.4. The lowest BCUT2D eigenvalue weighted by molar-refractivity contribution is 0.207. The first-order valence-electron chi connectivity index (χ1n) is 10.3. The molecule has 0 aliphatic carbocycles. The summed E-state index contributed by atoms with van der Waals surface area (Å²) in [7, 11) is -4.05. The number of amides is 1. The summed E-state index contributed by atoms with van der Waals surface area (Å²) in [4.78, 5) is 13.3.